The maximum atomic E-state index is 9.66. The molecule has 2 nitrogen and oxygen atoms in total. The normalized spacial score (nSPS) is 12.4. The predicted molar refractivity (Wildman–Crippen MR) is 75.1 cm³/mol. The Balaban J connectivity index is 2.08. The Morgan fingerprint density at radius 2 is 1.83 bits per heavy atom. The van der Waals surface area contributed by atoms with Crippen molar-refractivity contribution in [2.45, 2.75) is 29.2 Å². The minimum Gasteiger partial charge on any atom is -0.387 e. The van der Waals surface area contributed by atoms with Gasteiger partial charge in [-0.25, -0.2) is 0 Å². The van der Waals surface area contributed by atoms with Crippen LogP contribution in [0.5, 0.6) is 0 Å². The summed E-state index contributed by atoms with van der Waals surface area (Å²) in [5.41, 5.74) is 0.720. The number of rotatable bonds is 4. The topological polar surface area (TPSA) is 33.1 Å². The molecule has 0 aliphatic rings. The summed E-state index contributed by atoms with van der Waals surface area (Å²) in [6, 6.07) is 11.5. The van der Waals surface area contributed by atoms with Crippen LogP contribution in [-0.2, 0) is 0 Å². The highest BCUT2D eigenvalue weighted by molar-refractivity contribution is 7.99. The maximum absolute atomic E-state index is 9.66. The van der Waals surface area contributed by atoms with Crippen LogP contribution < -0.4 is 0 Å². The Labute approximate surface area is 116 Å². The number of aromatic nitrogens is 1. The van der Waals surface area contributed by atoms with E-state index < -0.39 is 6.10 Å². The number of pyridine rings is 1. The van der Waals surface area contributed by atoms with Gasteiger partial charge in [0.25, 0.3) is 0 Å². The molecule has 1 heterocycles. The summed E-state index contributed by atoms with van der Waals surface area (Å²) in [4.78, 5) is 6.43. The molecule has 0 saturated heterocycles. The van der Waals surface area contributed by atoms with Crippen LogP contribution in [0.4, 0.5) is 0 Å². The van der Waals surface area contributed by atoms with Crippen molar-refractivity contribution in [2.24, 2.45) is 0 Å². The zero-order chi connectivity index (χ0) is 13.0. The number of aliphatic hydroxyl groups excluding tert-OH is 1. The first kappa shape index (κ1) is 13.4. The van der Waals surface area contributed by atoms with Crippen LogP contribution in [0, 0.1) is 0 Å². The number of hydrogen-bond donors (Lipinski definition) is 1. The Kier molecular flexibility index (Phi) is 4.64. The lowest BCUT2D eigenvalue weighted by atomic mass is 10.2. The zero-order valence-electron chi connectivity index (χ0n) is 10.0. The molecule has 0 radical (unpaired) electrons. The minimum atomic E-state index is -0.473. The number of benzene rings is 1. The molecule has 0 aliphatic carbocycles. The quantitative estimate of drug-likeness (QED) is 0.904. The van der Waals surface area contributed by atoms with Crippen LogP contribution in [0.3, 0.4) is 0 Å². The molecule has 18 heavy (non-hydrogen) atoms. The lowest BCUT2D eigenvalue weighted by molar-refractivity contribution is 0.169. The average Bonchev–Trinajstić information content (AvgIpc) is 2.41. The molecule has 2 rings (SSSR count). The van der Waals surface area contributed by atoms with Crippen LogP contribution >= 0.6 is 23.4 Å². The van der Waals surface area contributed by atoms with Crippen molar-refractivity contribution in [1.29, 1.82) is 0 Å². The van der Waals surface area contributed by atoms with E-state index in [4.69, 9.17) is 11.6 Å². The van der Waals surface area contributed by atoms with Crippen molar-refractivity contribution in [2.75, 3.05) is 0 Å². The van der Waals surface area contributed by atoms with Crippen LogP contribution in [-0.4, -0.2) is 10.1 Å². The second kappa shape index (κ2) is 6.23. The Morgan fingerprint density at radius 3 is 2.39 bits per heavy atom. The van der Waals surface area contributed by atoms with Crippen molar-refractivity contribution in [1.82, 2.24) is 4.98 Å². The molecular formula is C14H14ClNOS. The van der Waals surface area contributed by atoms with E-state index in [9.17, 15) is 5.11 Å². The van der Waals surface area contributed by atoms with Crippen molar-refractivity contribution in [3.63, 3.8) is 0 Å². The van der Waals surface area contributed by atoms with E-state index in [0.29, 0.717) is 6.42 Å². The van der Waals surface area contributed by atoms with Gasteiger partial charge in [0, 0.05) is 21.0 Å². The molecule has 1 atom stereocenters. The van der Waals surface area contributed by atoms with Gasteiger partial charge >= 0.3 is 0 Å². The van der Waals surface area contributed by atoms with Gasteiger partial charge in [-0.2, -0.15) is 0 Å². The van der Waals surface area contributed by atoms with Gasteiger partial charge in [-0.15, -0.1) is 0 Å². The fraction of sp³-hybridized carbons (Fsp3) is 0.214. The third-order valence-electron chi connectivity index (χ3n) is 2.54. The van der Waals surface area contributed by atoms with Crippen molar-refractivity contribution in [3.8, 4) is 0 Å². The largest absolute Gasteiger partial charge is 0.387 e. The van der Waals surface area contributed by atoms with E-state index in [1.165, 1.54) is 0 Å². The summed E-state index contributed by atoms with van der Waals surface area (Å²) in [6.07, 6.45) is 1.99. The van der Waals surface area contributed by atoms with Gasteiger partial charge in [-0.05, 0) is 42.8 Å². The van der Waals surface area contributed by atoms with Crippen LogP contribution in [0.2, 0.25) is 5.02 Å². The summed E-state index contributed by atoms with van der Waals surface area (Å²) in [7, 11) is 0. The minimum absolute atomic E-state index is 0.473. The molecular weight excluding hydrogens is 266 g/mol. The van der Waals surface area contributed by atoms with Gasteiger partial charge in [0.1, 0.15) is 0 Å². The first-order valence-electron chi connectivity index (χ1n) is 5.76. The van der Waals surface area contributed by atoms with E-state index in [2.05, 4.69) is 4.98 Å². The van der Waals surface area contributed by atoms with Crippen molar-refractivity contribution >= 4 is 23.4 Å². The Morgan fingerprint density at radius 1 is 1.17 bits per heavy atom. The third kappa shape index (κ3) is 3.48. The second-order valence-corrected chi connectivity index (χ2v) is 5.48. The van der Waals surface area contributed by atoms with E-state index in [1.54, 1.807) is 18.0 Å². The van der Waals surface area contributed by atoms with Gasteiger partial charge < -0.3 is 5.11 Å². The monoisotopic (exact) mass is 279 g/mol. The highest BCUT2D eigenvalue weighted by Gasteiger charge is 2.06. The Hall–Kier alpha value is -1.03. The molecule has 0 aliphatic heterocycles. The summed E-state index contributed by atoms with van der Waals surface area (Å²) in [5, 5.41) is 10.4. The lowest BCUT2D eigenvalue weighted by Crippen LogP contribution is -1.97. The number of halogens is 1. The van der Waals surface area contributed by atoms with E-state index in [0.717, 1.165) is 20.5 Å². The van der Waals surface area contributed by atoms with Crippen LogP contribution in [0.15, 0.2) is 52.4 Å². The van der Waals surface area contributed by atoms with E-state index in [-0.39, 0.29) is 0 Å². The van der Waals surface area contributed by atoms with Gasteiger partial charge in [-0.1, -0.05) is 30.3 Å². The first-order valence-corrected chi connectivity index (χ1v) is 6.96. The third-order valence-corrected chi connectivity index (χ3v) is 3.77. The number of hydrogen-bond acceptors (Lipinski definition) is 3. The molecule has 0 bridgehead atoms. The fourth-order valence-electron chi connectivity index (χ4n) is 1.50. The SMILES string of the molecule is CCC(O)c1ccc(Sc2ccc(Cl)cc2)cn1. The molecule has 0 saturated carbocycles. The van der Waals surface area contributed by atoms with E-state index in [1.807, 2.05) is 43.3 Å². The van der Waals surface area contributed by atoms with Gasteiger partial charge in [0.15, 0.2) is 0 Å². The molecule has 1 N–H and O–H groups in total. The van der Waals surface area contributed by atoms with Crippen molar-refractivity contribution < 1.29 is 5.11 Å². The van der Waals surface area contributed by atoms with Crippen molar-refractivity contribution in [3.05, 3.63) is 53.3 Å². The fourth-order valence-corrected chi connectivity index (χ4v) is 2.41. The maximum Gasteiger partial charge on any atom is 0.0957 e. The summed E-state index contributed by atoms with van der Waals surface area (Å²) >= 11 is 7.46. The molecule has 94 valence electrons. The zero-order valence-corrected chi connectivity index (χ0v) is 11.6. The summed E-state index contributed by atoms with van der Waals surface area (Å²) < 4.78 is 0. The summed E-state index contributed by atoms with van der Waals surface area (Å²) in [6.45, 7) is 1.93. The smallest absolute Gasteiger partial charge is 0.0957 e. The predicted octanol–water partition coefficient (Wildman–Crippen LogP) is 4.33. The van der Waals surface area contributed by atoms with Crippen LogP contribution in [0.25, 0.3) is 0 Å². The molecule has 4 heteroatoms. The Bertz CT molecular complexity index is 498. The second-order valence-electron chi connectivity index (χ2n) is 3.90. The molecule has 1 unspecified atom stereocenters. The first-order chi connectivity index (χ1) is 8.69. The number of aliphatic hydroxyl groups is 1. The molecule has 1 aromatic heterocycles. The van der Waals surface area contributed by atoms with Gasteiger partial charge in [0.05, 0.1) is 11.8 Å². The molecule has 0 fully saturated rings. The highest BCUT2D eigenvalue weighted by atomic mass is 35.5. The molecule has 0 spiro atoms. The van der Waals surface area contributed by atoms with Gasteiger partial charge in [0.2, 0.25) is 0 Å². The van der Waals surface area contributed by atoms with Crippen LogP contribution in [0.1, 0.15) is 25.1 Å². The summed E-state index contributed by atoms with van der Waals surface area (Å²) in [5.74, 6) is 0. The molecule has 2 aromatic rings. The standard InChI is InChI=1S/C14H14ClNOS/c1-2-14(17)13-8-7-12(9-16-13)18-11-5-3-10(15)4-6-11/h3-9,14,17H,2H2,1H3. The highest BCUT2D eigenvalue weighted by Crippen LogP contribution is 2.28. The lowest BCUT2D eigenvalue weighted by Gasteiger charge is -2.07. The molecule has 1 aromatic carbocycles. The van der Waals surface area contributed by atoms with E-state index >= 15 is 0 Å². The average molecular weight is 280 g/mol. The number of nitrogens with zero attached hydrogens (tertiary/aromatic N) is 1. The molecule has 0 amide bonds. The van der Waals surface area contributed by atoms with Gasteiger partial charge in [-0.3, -0.25) is 4.98 Å².